The van der Waals surface area contributed by atoms with Crippen molar-refractivity contribution in [2.45, 2.75) is 6.54 Å². The van der Waals surface area contributed by atoms with Crippen molar-refractivity contribution in [3.8, 4) is 5.75 Å². The molecule has 0 atom stereocenters. The van der Waals surface area contributed by atoms with E-state index >= 15 is 0 Å². The summed E-state index contributed by atoms with van der Waals surface area (Å²) in [5.41, 5.74) is 2.12. The van der Waals surface area contributed by atoms with Crippen LogP contribution in [0.5, 0.6) is 5.75 Å². The number of rotatable bonds is 5. The third-order valence-electron chi connectivity index (χ3n) is 3.07. The topological polar surface area (TPSA) is 47.6 Å². The normalized spacial score (nSPS) is 10.0. The van der Waals surface area contributed by atoms with Gasteiger partial charge >= 0.3 is 5.97 Å². The molecule has 0 bridgehead atoms. The number of hydrogen-bond donors (Lipinski definition) is 1. The molecular formula is C16H16ClNO3. The Kier molecular flexibility index (Phi) is 5.06. The molecule has 0 amide bonds. The standard InChI is InChI=1S/C16H16ClNO3/c1-20-12-7-8-14(17)15(9-12)18-10-11-5-3-4-6-13(11)16(19)21-2/h3-9,18H,10H2,1-2H3. The molecule has 2 aromatic carbocycles. The fourth-order valence-electron chi connectivity index (χ4n) is 1.94. The number of halogens is 1. The molecule has 1 N–H and O–H groups in total. The summed E-state index contributed by atoms with van der Waals surface area (Å²) in [5.74, 6) is 0.354. The van der Waals surface area contributed by atoms with E-state index in [1.54, 1.807) is 31.4 Å². The van der Waals surface area contributed by atoms with Gasteiger partial charge in [-0.2, -0.15) is 0 Å². The minimum absolute atomic E-state index is 0.357. The van der Waals surface area contributed by atoms with Crippen LogP contribution in [0.3, 0.4) is 0 Å². The molecule has 0 radical (unpaired) electrons. The highest BCUT2D eigenvalue weighted by Crippen LogP contribution is 2.27. The molecule has 0 fully saturated rings. The average Bonchev–Trinajstić information content (AvgIpc) is 2.53. The van der Waals surface area contributed by atoms with Crippen LogP contribution >= 0.6 is 11.6 Å². The molecular weight excluding hydrogens is 290 g/mol. The van der Waals surface area contributed by atoms with E-state index in [2.05, 4.69) is 5.32 Å². The predicted molar refractivity (Wildman–Crippen MR) is 83.1 cm³/mol. The molecule has 0 aliphatic carbocycles. The predicted octanol–water partition coefficient (Wildman–Crippen LogP) is 3.75. The van der Waals surface area contributed by atoms with Gasteiger partial charge in [0.15, 0.2) is 0 Å². The zero-order valence-electron chi connectivity index (χ0n) is 11.9. The fourth-order valence-corrected chi connectivity index (χ4v) is 2.13. The lowest BCUT2D eigenvalue weighted by Crippen LogP contribution is -2.09. The minimum atomic E-state index is -0.357. The molecule has 0 spiro atoms. The first-order chi connectivity index (χ1) is 10.2. The summed E-state index contributed by atoms with van der Waals surface area (Å²) in [6.45, 7) is 0.457. The Labute approximate surface area is 128 Å². The van der Waals surface area contributed by atoms with Crippen molar-refractivity contribution < 1.29 is 14.3 Å². The largest absolute Gasteiger partial charge is 0.497 e. The summed E-state index contributed by atoms with van der Waals surface area (Å²) >= 11 is 6.14. The number of nitrogens with one attached hydrogen (secondary N) is 1. The van der Waals surface area contributed by atoms with Gasteiger partial charge in [-0.25, -0.2) is 4.79 Å². The number of carbonyl (C=O) groups is 1. The Balaban J connectivity index is 2.19. The molecule has 4 nitrogen and oxygen atoms in total. The molecule has 110 valence electrons. The minimum Gasteiger partial charge on any atom is -0.497 e. The third-order valence-corrected chi connectivity index (χ3v) is 3.40. The van der Waals surface area contributed by atoms with Gasteiger partial charge in [0, 0.05) is 12.6 Å². The van der Waals surface area contributed by atoms with Crippen LogP contribution in [-0.4, -0.2) is 20.2 Å². The third kappa shape index (κ3) is 3.67. The van der Waals surface area contributed by atoms with Crippen molar-refractivity contribution in [3.05, 3.63) is 58.6 Å². The number of benzene rings is 2. The number of esters is 1. The number of anilines is 1. The highest BCUT2D eigenvalue weighted by atomic mass is 35.5. The van der Waals surface area contributed by atoms with Crippen molar-refractivity contribution in [1.82, 2.24) is 0 Å². The zero-order chi connectivity index (χ0) is 15.2. The maximum Gasteiger partial charge on any atom is 0.338 e. The molecule has 0 unspecified atom stereocenters. The van der Waals surface area contributed by atoms with Crippen LogP contribution in [0, 0.1) is 0 Å². The van der Waals surface area contributed by atoms with Crippen LogP contribution in [0.4, 0.5) is 5.69 Å². The lowest BCUT2D eigenvalue weighted by Gasteiger charge is -2.12. The summed E-state index contributed by atoms with van der Waals surface area (Å²) < 4.78 is 9.94. The highest BCUT2D eigenvalue weighted by Gasteiger charge is 2.11. The summed E-state index contributed by atoms with van der Waals surface area (Å²) in [7, 11) is 2.96. The Morgan fingerprint density at radius 3 is 2.67 bits per heavy atom. The van der Waals surface area contributed by atoms with Gasteiger partial charge in [-0.15, -0.1) is 0 Å². The van der Waals surface area contributed by atoms with Gasteiger partial charge in [0.2, 0.25) is 0 Å². The van der Waals surface area contributed by atoms with Crippen molar-refractivity contribution >= 4 is 23.3 Å². The molecule has 2 rings (SSSR count). The fraction of sp³-hybridized carbons (Fsp3) is 0.188. The molecule has 2 aromatic rings. The smallest absolute Gasteiger partial charge is 0.338 e. The number of methoxy groups -OCH3 is 2. The Morgan fingerprint density at radius 1 is 1.19 bits per heavy atom. The molecule has 0 aliphatic rings. The first kappa shape index (κ1) is 15.2. The summed E-state index contributed by atoms with van der Waals surface area (Å²) in [5, 5.41) is 3.79. The second kappa shape index (κ2) is 6.99. The van der Waals surface area contributed by atoms with Crippen LogP contribution in [0.1, 0.15) is 15.9 Å². The van der Waals surface area contributed by atoms with Crippen molar-refractivity contribution in [2.75, 3.05) is 19.5 Å². The first-order valence-corrected chi connectivity index (χ1v) is 6.77. The molecule has 0 aromatic heterocycles. The monoisotopic (exact) mass is 305 g/mol. The second-order valence-electron chi connectivity index (χ2n) is 4.35. The lowest BCUT2D eigenvalue weighted by molar-refractivity contribution is 0.0599. The van der Waals surface area contributed by atoms with Crippen LogP contribution in [0.25, 0.3) is 0 Å². The lowest BCUT2D eigenvalue weighted by atomic mass is 10.1. The van der Waals surface area contributed by atoms with Gasteiger partial charge in [0.1, 0.15) is 5.75 Å². The Bertz CT molecular complexity index is 643. The van der Waals surface area contributed by atoms with Crippen LogP contribution < -0.4 is 10.1 Å². The molecule has 0 heterocycles. The quantitative estimate of drug-likeness (QED) is 0.855. The maximum absolute atomic E-state index is 11.7. The number of carbonyl (C=O) groups excluding carboxylic acids is 1. The number of hydrogen-bond acceptors (Lipinski definition) is 4. The van der Waals surface area contributed by atoms with Gasteiger partial charge < -0.3 is 14.8 Å². The Hall–Kier alpha value is -2.20. The van der Waals surface area contributed by atoms with E-state index < -0.39 is 0 Å². The first-order valence-electron chi connectivity index (χ1n) is 6.39. The van der Waals surface area contributed by atoms with Crippen molar-refractivity contribution in [3.63, 3.8) is 0 Å². The zero-order valence-corrected chi connectivity index (χ0v) is 12.6. The second-order valence-corrected chi connectivity index (χ2v) is 4.76. The maximum atomic E-state index is 11.7. The van der Waals surface area contributed by atoms with E-state index in [0.29, 0.717) is 22.9 Å². The SMILES string of the molecule is COC(=O)c1ccccc1CNc1cc(OC)ccc1Cl. The van der Waals surface area contributed by atoms with E-state index in [1.165, 1.54) is 7.11 Å². The van der Waals surface area contributed by atoms with E-state index in [-0.39, 0.29) is 5.97 Å². The van der Waals surface area contributed by atoms with Gasteiger partial charge in [-0.1, -0.05) is 29.8 Å². The molecule has 21 heavy (non-hydrogen) atoms. The van der Waals surface area contributed by atoms with E-state index in [0.717, 1.165) is 11.3 Å². The van der Waals surface area contributed by atoms with E-state index in [9.17, 15) is 4.79 Å². The average molecular weight is 306 g/mol. The van der Waals surface area contributed by atoms with Gasteiger partial charge in [0.25, 0.3) is 0 Å². The van der Waals surface area contributed by atoms with E-state index in [4.69, 9.17) is 21.1 Å². The highest BCUT2D eigenvalue weighted by molar-refractivity contribution is 6.33. The van der Waals surface area contributed by atoms with Crippen LogP contribution in [0.15, 0.2) is 42.5 Å². The summed E-state index contributed by atoms with van der Waals surface area (Å²) in [6, 6.07) is 12.6. The summed E-state index contributed by atoms with van der Waals surface area (Å²) in [4.78, 5) is 11.7. The number of ether oxygens (including phenoxy) is 2. The van der Waals surface area contributed by atoms with Gasteiger partial charge in [-0.3, -0.25) is 0 Å². The van der Waals surface area contributed by atoms with Crippen LogP contribution in [0.2, 0.25) is 5.02 Å². The van der Waals surface area contributed by atoms with Gasteiger partial charge in [-0.05, 0) is 23.8 Å². The van der Waals surface area contributed by atoms with Crippen molar-refractivity contribution in [1.29, 1.82) is 0 Å². The van der Waals surface area contributed by atoms with Crippen molar-refractivity contribution in [2.24, 2.45) is 0 Å². The molecule has 0 saturated heterocycles. The molecule has 0 saturated carbocycles. The molecule has 0 aliphatic heterocycles. The molecule has 5 heteroatoms. The van der Waals surface area contributed by atoms with E-state index in [1.807, 2.05) is 18.2 Å². The summed E-state index contributed by atoms with van der Waals surface area (Å²) in [6.07, 6.45) is 0. The van der Waals surface area contributed by atoms with Crippen LogP contribution in [-0.2, 0) is 11.3 Å². The van der Waals surface area contributed by atoms with Gasteiger partial charge in [0.05, 0.1) is 30.5 Å². The Morgan fingerprint density at radius 2 is 1.95 bits per heavy atom.